The van der Waals surface area contributed by atoms with Crippen LogP contribution < -0.4 is 15.8 Å². The molecule has 19 heavy (non-hydrogen) atoms. The van der Waals surface area contributed by atoms with Crippen LogP contribution in [0.4, 0.5) is 0 Å². The van der Waals surface area contributed by atoms with Crippen LogP contribution in [0.5, 0.6) is 5.75 Å². The van der Waals surface area contributed by atoms with Crippen molar-refractivity contribution < 1.29 is 4.74 Å². The fourth-order valence-corrected chi connectivity index (χ4v) is 2.01. The zero-order chi connectivity index (χ0) is 13.2. The Morgan fingerprint density at radius 3 is 2.79 bits per heavy atom. The molecule has 106 valence electrons. The second-order valence-corrected chi connectivity index (χ2v) is 5.65. The van der Waals surface area contributed by atoms with Gasteiger partial charge in [-0.05, 0) is 26.8 Å². The van der Waals surface area contributed by atoms with E-state index in [1.807, 2.05) is 18.2 Å². The molecule has 4 nitrogen and oxygen atoms in total. The Morgan fingerprint density at radius 2 is 2.11 bits per heavy atom. The molecule has 0 aliphatic carbocycles. The molecule has 0 saturated heterocycles. The van der Waals surface area contributed by atoms with Gasteiger partial charge >= 0.3 is 0 Å². The number of guanidine groups is 1. The van der Waals surface area contributed by atoms with E-state index in [9.17, 15) is 0 Å². The van der Waals surface area contributed by atoms with Gasteiger partial charge in [-0.25, -0.2) is 0 Å². The fraction of sp³-hybridized carbons (Fsp3) is 0.500. The Labute approximate surface area is 131 Å². The maximum atomic E-state index is 5.86. The number of ether oxygens (including phenoxy) is 1. The first kappa shape index (κ1) is 16.1. The molecule has 1 aromatic carbocycles. The number of halogens is 1. The molecule has 0 fully saturated rings. The third-order valence-electron chi connectivity index (χ3n) is 2.78. The average Bonchev–Trinajstić information content (AvgIpc) is 2.67. The Hall–Kier alpha value is -0.980. The Morgan fingerprint density at radius 1 is 1.42 bits per heavy atom. The minimum absolute atomic E-state index is 0. The van der Waals surface area contributed by atoms with Crippen molar-refractivity contribution in [2.24, 2.45) is 10.7 Å². The predicted molar refractivity (Wildman–Crippen MR) is 89.5 cm³/mol. The van der Waals surface area contributed by atoms with E-state index in [1.54, 1.807) is 0 Å². The lowest BCUT2D eigenvalue weighted by Gasteiger charge is -2.21. The van der Waals surface area contributed by atoms with E-state index < -0.39 is 0 Å². The Bertz CT molecular complexity index is 454. The van der Waals surface area contributed by atoms with Crippen LogP contribution in [0.3, 0.4) is 0 Å². The van der Waals surface area contributed by atoms with Gasteiger partial charge in [0.05, 0.1) is 13.2 Å². The second kappa shape index (κ2) is 6.45. The number of fused-ring (bicyclic) bond motifs is 1. The molecule has 1 aliphatic heterocycles. The van der Waals surface area contributed by atoms with Crippen LogP contribution in [0.25, 0.3) is 0 Å². The van der Waals surface area contributed by atoms with Gasteiger partial charge in [-0.15, -0.1) is 24.0 Å². The first-order chi connectivity index (χ1) is 8.46. The Kier molecular flexibility index (Phi) is 5.46. The highest BCUT2D eigenvalue weighted by Gasteiger charge is 2.23. The standard InChI is InChI=1S/C14H21N3O.HI/c1-14(2,3)17-13(15)16-8-10-9-18-12-7-5-4-6-11(10)12;/h4-7,10H,8-9H2,1-3H3,(H3,15,16,17);1H. The van der Waals surface area contributed by atoms with Gasteiger partial charge in [0.1, 0.15) is 5.75 Å². The molecule has 1 unspecified atom stereocenters. The molecule has 0 spiro atoms. The highest BCUT2D eigenvalue weighted by atomic mass is 127. The largest absolute Gasteiger partial charge is 0.493 e. The number of benzene rings is 1. The van der Waals surface area contributed by atoms with Gasteiger partial charge in [-0.2, -0.15) is 0 Å². The summed E-state index contributed by atoms with van der Waals surface area (Å²) in [5, 5.41) is 3.15. The molecule has 5 heteroatoms. The van der Waals surface area contributed by atoms with E-state index in [2.05, 4.69) is 37.1 Å². The van der Waals surface area contributed by atoms with Gasteiger partial charge in [-0.3, -0.25) is 4.99 Å². The number of aliphatic imine (C=N–C) groups is 1. The normalized spacial score (nSPS) is 18.3. The van der Waals surface area contributed by atoms with Crippen molar-refractivity contribution in [3.63, 3.8) is 0 Å². The predicted octanol–water partition coefficient (Wildman–Crippen LogP) is 2.48. The number of hydrogen-bond acceptors (Lipinski definition) is 2. The number of nitrogens with zero attached hydrogens (tertiary/aromatic N) is 1. The zero-order valence-electron chi connectivity index (χ0n) is 11.6. The monoisotopic (exact) mass is 375 g/mol. The highest BCUT2D eigenvalue weighted by Crippen LogP contribution is 2.33. The molecule has 1 atom stereocenters. The van der Waals surface area contributed by atoms with Crippen LogP contribution in [-0.2, 0) is 0 Å². The van der Waals surface area contributed by atoms with Crippen LogP contribution in [0.15, 0.2) is 29.3 Å². The lowest BCUT2D eigenvalue weighted by molar-refractivity contribution is 0.333. The van der Waals surface area contributed by atoms with Crippen molar-refractivity contribution >= 4 is 29.9 Å². The van der Waals surface area contributed by atoms with Crippen molar-refractivity contribution in [3.8, 4) is 5.75 Å². The lowest BCUT2D eigenvalue weighted by atomic mass is 10.0. The molecule has 0 aromatic heterocycles. The summed E-state index contributed by atoms with van der Waals surface area (Å²) in [6.45, 7) is 7.52. The summed E-state index contributed by atoms with van der Waals surface area (Å²) in [4.78, 5) is 4.39. The maximum Gasteiger partial charge on any atom is 0.189 e. The van der Waals surface area contributed by atoms with E-state index >= 15 is 0 Å². The minimum atomic E-state index is -0.0579. The molecule has 1 aliphatic rings. The average molecular weight is 375 g/mol. The van der Waals surface area contributed by atoms with Crippen molar-refractivity contribution in [1.82, 2.24) is 5.32 Å². The summed E-state index contributed by atoms with van der Waals surface area (Å²) < 4.78 is 5.61. The van der Waals surface area contributed by atoms with E-state index in [1.165, 1.54) is 5.56 Å². The molecule has 1 heterocycles. The van der Waals surface area contributed by atoms with E-state index in [0.717, 1.165) is 5.75 Å². The summed E-state index contributed by atoms with van der Waals surface area (Å²) in [6, 6.07) is 8.10. The van der Waals surface area contributed by atoms with Crippen molar-refractivity contribution in [2.45, 2.75) is 32.2 Å². The van der Waals surface area contributed by atoms with Crippen LogP contribution in [-0.4, -0.2) is 24.7 Å². The molecular weight excluding hydrogens is 353 g/mol. The number of nitrogens with two attached hydrogens (primary N) is 1. The SMILES string of the molecule is CC(C)(C)NC(N)=NCC1COc2ccccc21.I. The first-order valence-corrected chi connectivity index (χ1v) is 6.25. The summed E-state index contributed by atoms with van der Waals surface area (Å²) in [5.74, 6) is 1.77. The number of hydrogen-bond donors (Lipinski definition) is 2. The minimum Gasteiger partial charge on any atom is -0.493 e. The molecule has 1 aromatic rings. The lowest BCUT2D eigenvalue weighted by Crippen LogP contribution is -2.45. The van der Waals surface area contributed by atoms with Crippen LogP contribution >= 0.6 is 24.0 Å². The van der Waals surface area contributed by atoms with E-state index in [0.29, 0.717) is 25.0 Å². The van der Waals surface area contributed by atoms with Crippen molar-refractivity contribution in [2.75, 3.05) is 13.2 Å². The highest BCUT2D eigenvalue weighted by molar-refractivity contribution is 14.0. The molecule has 0 radical (unpaired) electrons. The maximum absolute atomic E-state index is 5.86. The van der Waals surface area contributed by atoms with Crippen LogP contribution in [0.2, 0.25) is 0 Å². The van der Waals surface area contributed by atoms with Crippen molar-refractivity contribution in [1.29, 1.82) is 0 Å². The topological polar surface area (TPSA) is 59.6 Å². The smallest absolute Gasteiger partial charge is 0.189 e. The fourth-order valence-electron chi connectivity index (χ4n) is 2.01. The molecule has 0 bridgehead atoms. The van der Waals surface area contributed by atoms with Crippen molar-refractivity contribution in [3.05, 3.63) is 29.8 Å². The molecule has 2 rings (SSSR count). The van der Waals surface area contributed by atoms with Gasteiger partial charge in [0.2, 0.25) is 0 Å². The third kappa shape index (κ3) is 4.56. The summed E-state index contributed by atoms with van der Waals surface area (Å²) in [6.07, 6.45) is 0. The molecular formula is C14H22IN3O. The van der Waals surface area contributed by atoms with E-state index in [4.69, 9.17) is 10.5 Å². The quantitative estimate of drug-likeness (QED) is 0.474. The molecule has 0 saturated carbocycles. The number of para-hydroxylation sites is 1. The molecule has 3 N–H and O–H groups in total. The first-order valence-electron chi connectivity index (χ1n) is 6.25. The number of rotatable bonds is 2. The third-order valence-corrected chi connectivity index (χ3v) is 2.78. The zero-order valence-corrected chi connectivity index (χ0v) is 14.0. The second-order valence-electron chi connectivity index (χ2n) is 5.65. The van der Waals surface area contributed by atoms with Gasteiger partial charge in [0, 0.05) is 17.0 Å². The number of nitrogens with one attached hydrogen (secondary N) is 1. The summed E-state index contributed by atoms with van der Waals surface area (Å²) >= 11 is 0. The summed E-state index contributed by atoms with van der Waals surface area (Å²) in [5.41, 5.74) is 7.02. The van der Waals surface area contributed by atoms with Gasteiger partial charge in [-0.1, -0.05) is 18.2 Å². The van der Waals surface area contributed by atoms with Crippen LogP contribution in [0.1, 0.15) is 32.3 Å². The van der Waals surface area contributed by atoms with E-state index in [-0.39, 0.29) is 29.5 Å². The molecule has 0 amide bonds. The van der Waals surface area contributed by atoms with Crippen LogP contribution in [0, 0.1) is 0 Å². The van der Waals surface area contributed by atoms with Gasteiger partial charge < -0.3 is 15.8 Å². The summed E-state index contributed by atoms with van der Waals surface area (Å²) in [7, 11) is 0. The van der Waals surface area contributed by atoms with Gasteiger partial charge in [0.25, 0.3) is 0 Å². The Balaban J connectivity index is 0.00000180. The van der Waals surface area contributed by atoms with Gasteiger partial charge in [0.15, 0.2) is 5.96 Å².